The molecule has 4 N–H and O–H groups in total. The van der Waals surface area contributed by atoms with Gasteiger partial charge in [-0.1, -0.05) is 44.2 Å². The number of hydrogen-bond donors (Lipinski definition) is 3. The molecule has 1 atom stereocenters. The molecule has 0 aliphatic rings. The number of rotatable bonds is 8. The highest BCUT2D eigenvalue weighted by Crippen LogP contribution is 2.16. The number of nitrogens with two attached hydrogens (primary N) is 1. The van der Waals surface area contributed by atoms with Crippen LogP contribution < -0.4 is 16.4 Å². The minimum absolute atomic E-state index is 0.112. The van der Waals surface area contributed by atoms with Gasteiger partial charge in [0.1, 0.15) is 0 Å². The van der Waals surface area contributed by atoms with Crippen LogP contribution in [0.4, 0.5) is 0 Å². The van der Waals surface area contributed by atoms with Crippen LogP contribution in [0.1, 0.15) is 52.6 Å². The molecule has 0 bridgehead atoms. The average molecular weight is 304 g/mol. The van der Waals surface area contributed by atoms with E-state index in [0.29, 0.717) is 18.4 Å². The molecule has 1 rings (SSSR count). The first-order chi connectivity index (χ1) is 10.3. The summed E-state index contributed by atoms with van der Waals surface area (Å²) in [6.45, 7) is 12.4. The van der Waals surface area contributed by atoms with Crippen molar-refractivity contribution in [3.05, 3.63) is 35.9 Å². The van der Waals surface area contributed by atoms with Crippen molar-refractivity contribution in [2.75, 3.05) is 13.1 Å². The van der Waals surface area contributed by atoms with Crippen LogP contribution in [0.2, 0.25) is 0 Å². The SMILES string of the molecule is CC(C)CCNC(N)=NCC(C)(C)NC(C)c1ccccc1. The van der Waals surface area contributed by atoms with E-state index in [4.69, 9.17) is 5.73 Å². The van der Waals surface area contributed by atoms with Crippen LogP contribution in [0.3, 0.4) is 0 Å². The number of guanidine groups is 1. The van der Waals surface area contributed by atoms with Gasteiger partial charge in [-0.3, -0.25) is 4.99 Å². The first-order valence-electron chi connectivity index (χ1n) is 8.16. The highest BCUT2D eigenvalue weighted by atomic mass is 15.1. The van der Waals surface area contributed by atoms with Gasteiger partial charge in [-0.05, 0) is 38.7 Å². The van der Waals surface area contributed by atoms with Crippen molar-refractivity contribution in [1.82, 2.24) is 10.6 Å². The molecule has 0 heterocycles. The van der Waals surface area contributed by atoms with E-state index in [1.807, 2.05) is 6.07 Å². The van der Waals surface area contributed by atoms with Crippen molar-refractivity contribution in [3.63, 3.8) is 0 Å². The summed E-state index contributed by atoms with van der Waals surface area (Å²) in [5.74, 6) is 1.20. The Morgan fingerprint density at radius 2 is 1.82 bits per heavy atom. The summed E-state index contributed by atoms with van der Waals surface area (Å²) in [6, 6.07) is 10.7. The van der Waals surface area contributed by atoms with Gasteiger partial charge in [0.05, 0.1) is 6.54 Å². The number of aliphatic imine (C=N–C) groups is 1. The lowest BCUT2D eigenvalue weighted by Gasteiger charge is -2.29. The fraction of sp³-hybridized carbons (Fsp3) is 0.611. The Kier molecular flexibility index (Phi) is 7.39. The summed E-state index contributed by atoms with van der Waals surface area (Å²) < 4.78 is 0. The van der Waals surface area contributed by atoms with Gasteiger partial charge >= 0.3 is 0 Å². The first-order valence-corrected chi connectivity index (χ1v) is 8.16. The maximum atomic E-state index is 5.92. The highest BCUT2D eigenvalue weighted by Gasteiger charge is 2.20. The fourth-order valence-corrected chi connectivity index (χ4v) is 2.28. The Morgan fingerprint density at radius 3 is 2.41 bits per heavy atom. The quantitative estimate of drug-likeness (QED) is 0.511. The third-order valence-corrected chi connectivity index (χ3v) is 3.58. The summed E-state index contributed by atoms with van der Waals surface area (Å²) in [6.07, 6.45) is 1.10. The zero-order valence-corrected chi connectivity index (χ0v) is 14.7. The van der Waals surface area contributed by atoms with Gasteiger partial charge in [0.15, 0.2) is 5.96 Å². The molecule has 0 aliphatic carbocycles. The van der Waals surface area contributed by atoms with Crippen LogP contribution in [0.5, 0.6) is 0 Å². The second-order valence-electron chi connectivity index (χ2n) is 6.97. The van der Waals surface area contributed by atoms with Crippen LogP contribution in [-0.4, -0.2) is 24.6 Å². The Balaban J connectivity index is 2.45. The van der Waals surface area contributed by atoms with E-state index in [0.717, 1.165) is 13.0 Å². The maximum absolute atomic E-state index is 5.92. The molecule has 1 aromatic rings. The maximum Gasteiger partial charge on any atom is 0.188 e. The molecule has 22 heavy (non-hydrogen) atoms. The van der Waals surface area contributed by atoms with Crippen molar-refractivity contribution in [1.29, 1.82) is 0 Å². The third-order valence-electron chi connectivity index (χ3n) is 3.58. The lowest BCUT2D eigenvalue weighted by Crippen LogP contribution is -2.44. The molecule has 0 saturated carbocycles. The lowest BCUT2D eigenvalue weighted by molar-refractivity contribution is 0.357. The molecule has 0 aromatic heterocycles. The van der Waals surface area contributed by atoms with Crippen molar-refractivity contribution in [2.24, 2.45) is 16.6 Å². The van der Waals surface area contributed by atoms with Gasteiger partial charge in [0, 0.05) is 18.1 Å². The molecule has 0 fully saturated rings. The minimum Gasteiger partial charge on any atom is -0.370 e. The number of nitrogens with zero attached hydrogens (tertiary/aromatic N) is 1. The Morgan fingerprint density at radius 1 is 1.18 bits per heavy atom. The molecule has 0 spiro atoms. The molecule has 124 valence electrons. The van der Waals surface area contributed by atoms with E-state index < -0.39 is 0 Å². The molecule has 4 heteroatoms. The fourth-order valence-electron chi connectivity index (χ4n) is 2.28. The Labute approximate surface area is 135 Å². The normalized spacial score (nSPS) is 14.2. The molecule has 0 saturated heterocycles. The van der Waals surface area contributed by atoms with E-state index >= 15 is 0 Å². The predicted octanol–water partition coefficient (Wildman–Crippen LogP) is 3.07. The molecule has 4 nitrogen and oxygen atoms in total. The van der Waals surface area contributed by atoms with Crippen molar-refractivity contribution >= 4 is 5.96 Å². The molecular weight excluding hydrogens is 272 g/mol. The average Bonchev–Trinajstić information content (AvgIpc) is 2.45. The number of hydrogen-bond acceptors (Lipinski definition) is 2. The summed E-state index contributed by atoms with van der Waals surface area (Å²) >= 11 is 0. The summed E-state index contributed by atoms with van der Waals surface area (Å²) in [7, 11) is 0. The van der Waals surface area contributed by atoms with Crippen LogP contribution in [0, 0.1) is 5.92 Å². The topological polar surface area (TPSA) is 62.4 Å². The highest BCUT2D eigenvalue weighted by molar-refractivity contribution is 5.77. The zero-order chi connectivity index (χ0) is 16.6. The van der Waals surface area contributed by atoms with Gasteiger partial charge < -0.3 is 16.4 Å². The van der Waals surface area contributed by atoms with Crippen LogP contribution in [-0.2, 0) is 0 Å². The van der Waals surface area contributed by atoms with Crippen molar-refractivity contribution < 1.29 is 0 Å². The predicted molar refractivity (Wildman–Crippen MR) is 96.0 cm³/mol. The van der Waals surface area contributed by atoms with Crippen LogP contribution in [0.15, 0.2) is 35.3 Å². The van der Waals surface area contributed by atoms with Crippen molar-refractivity contribution in [3.8, 4) is 0 Å². The van der Waals surface area contributed by atoms with Crippen LogP contribution >= 0.6 is 0 Å². The minimum atomic E-state index is -0.112. The van der Waals surface area contributed by atoms with E-state index in [1.54, 1.807) is 0 Å². The van der Waals surface area contributed by atoms with Gasteiger partial charge in [-0.15, -0.1) is 0 Å². The second kappa shape index (κ2) is 8.79. The molecule has 0 amide bonds. The molecule has 1 unspecified atom stereocenters. The van der Waals surface area contributed by atoms with Gasteiger partial charge in [0.25, 0.3) is 0 Å². The monoisotopic (exact) mass is 304 g/mol. The standard InChI is InChI=1S/C18H32N4/c1-14(2)11-12-20-17(19)21-13-18(4,5)22-15(3)16-9-7-6-8-10-16/h6-10,14-15,22H,11-13H2,1-5H3,(H3,19,20,21). The third kappa shape index (κ3) is 7.46. The number of nitrogens with one attached hydrogen (secondary N) is 2. The van der Waals surface area contributed by atoms with Crippen LogP contribution in [0.25, 0.3) is 0 Å². The number of benzene rings is 1. The lowest BCUT2D eigenvalue weighted by atomic mass is 10.0. The second-order valence-corrected chi connectivity index (χ2v) is 6.97. The Bertz CT molecular complexity index is 451. The van der Waals surface area contributed by atoms with E-state index in [-0.39, 0.29) is 11.6 Å². The molecule has 1 aromatic carbocycles. The molecule has 0 aliphatic heterocycles. The van der Waals surface area contributed by atoms with Gasteiger partial charge in [0.2, 0.25) is 0 Å². The zero-order valence-electron chi connectivity index (χ0n) is 14.7. The van der Waals surface area contributed by atoms with Crippen molar-refractivity contribution in [2.45, 2.75) is 52.6 Å². The Hall–Kier alpha value is -1.55. The summed E-state index contributed by atoms with van der Waals surface area (Å²) in [5.41, 5.74) is 7.09. The summed E-state index contributed by atoms with van der Waals surface area (Å²) in [4.78, 5) is 4.46. The molecular formula is C18H32N4. The van der Waals surface area contributed by atoms with Gasteiger partial charge in [-0.2, -0.15) is 0 Å². The van der Waals surface area contributed by atoms with Gasteiger partial charge in [-0.25, -0.2) is 0 Å². The first kappa shape index (κ1) is 18.5. The van der Waals surface area contributed by atoms with E-state index in [1.165, 1.54) is 5.56 Å². The largest absolute Gasteiger partial charge is 0.370 e. The van der Waals surface area contributed by atoms with E-state index in [9.17, 15) is 0 Å². The van der Waals surface area contributed by atoms with E-state index in [2.05, 4.69) is 74.5 Å². The summed E-state index contributed by atoms with van der Waals surface area (Å²) in [5, 5.41) is 6.78. The molecule has 0 radical (unpaired) electrons. The smallest absolute Gasteiger partial charge is 0.188 e.